The van der Waals surface area contributed by atoms with Gasteiger partial charge >= 0.3 is 0 Å². The lowest BCUT2D eigenvalue weighted by Gasteiger charge is -2.30. The number of benzene rings is 7. The van der Waals surface area contributed by atoms with Gasteiger partial charge in [0.25, 0.3) is 0 Å². The number of hydrogen-bond acceptors (Lipinski definition) is 3. The first kappa shape index (κ1) is 29.3. The summed E-state index contributed by atoms with van der Waals surface area (Å²) in [5, 5.41) is 1.31. The van der Waals surface area contributed by atoms with Crippen LogP contribution >= 0.6 is 11.3 Å². The van der Waals surface area contributed by atoms with Crippen LogP contribution in [0.4, 0.5) is 0 Å². The summed E-state index contributed by atoms with van der Waals surface area (Å²) < 4.78 is 1.30. The predicted molar refractivity (Wildman–Crippen MR) is 215 cm³/mol. The van der Waals surface area contributed by atoms with Crippen LogP contribution in [-0.2, 0) is 5.41 Å². The normalized spacial score (nSPS) is 13.2. The van der Waals surface area contributed by atoms with Crippen LogP contribution in [0.25, 0.3) is 76.7 Å². The van der Waals surface area contributed by atoms with Gasteiger partial charge in [-0.3, -0.25) is 0 Å². The highest BCUT2D eigenvalue weighted by atomic mass is 32.1. The Kier molecular flexibility index (Phi) is 6.37. The molecule has 9 aromatic rings. The molecule has 2 nitrogen and oxygen atoms in total. The Morgan fingerprint density at radius 2 is 0.904 bits per heavy atom. The van der Waals surface area contributed by atoms with E-state index in [0.717, 1.165) is 33.9 Å². The van der Waals surface area contributed by atoms with Gasteiger partial charge in [-0.1, -0.05) is 170 Å². The topological polar surface area (TPSA) is 25.8 Å². The maximum atomic E-state index is 5.40. The Morgan fingerprint density at radius 1 is 0.404 bits per heavy atom. The molecule has 3 heteroatoms. The zero-order chi connectivity index (χ0) is 34.2. The Morgan fingerprint density at radius 3 is 1.60 bits per heavy atom. The van der Waals surface area contributed by atoms with Crippen LogP contribution in [0.3, 0.4) is 0 Å². The van der Waals surface area contributed by atoms with Crippen LogP contribution in [0, 0.1) is 0 Å². The summed E-state index contributed by atoms with van der Waals surface area (Å²) in [7, 11) is 0. The predicted octanol–water partition coefficient (Wildman–Crippen LogP) is 12.7. The van der Waals surface area contributed by atoms with Crippen molar-refractivity contribution in [3.63, 3.8) is 0 Å². The number of fused-ring (bicyclic) bond motifs is 12. The lowest BCUT2D eigenvalue weighted by atomic mass is 9.70. The van der Waals surface area contributed by atoms with E-state index >= 15 is 0 Å². The summed E-state index contributed by atoms with van der Waals surface area (Å²) in [5.41, 5.74) is 16.2. The molecule has 1 spiro atoms. The Bertz CT molecular complexity index is 2790. The van der Waals surface area contributed by atoms with Crippen LogP contribution in [-0.4, -0.2) is 9.97 Å². The molecule has 0 aliphatic heterocycles. The fraction of sp³-hybridized carbons (Fsp3) is 0.0204. The highest BCUT2D eigenvalue weighted by Crippen LogP contribution is 2.67. The Hall–Kier alpha value is -6.42. The Balaban J connectivity index is 1.19. The van der Waals surface area contributed by atoms with Gasteiger partial charge in [0.1, 0.15) is 0 Å². The molecule has 2 aliphatic rings. The van der Waals surface area contributed by atoms with E-state index in [1.807, 2.05) is 11.3 Å². The molecular weight excluding hydrogens is 649 g/mol. The SMILES string of the molecule is c1ccc(-c2ccc(-c3cc(-c4ccccc4)nc(-c4cccc5c4-c4sc6ccccc6c4C54c5ccccc5-c5ccccc54)n3)cc2)cc1. The number of hydrogen-bond donors (Lipinski definition) is 0. The van der Waals surface area contributed by atoms with E-state index in [1.54, 1.807) is 0 Å². The molecule has 2 heterocycles. The van der Waals surface area contributed by atoms with E-state index in [-0.39, 0.29) is 0 Å². The third-order valence-corrected chi connectivity index (χ3v) is 12.1. The first-order valence-electron chi connectivity index (χ1n) is 17.7. The van der Waals surface area contributed by atoms with E-state index in [1.165, 1.54) is 65.0 Å². The zero-order valence-electron chi connectivity index (χ0n) is 28.1. The van der Waals surface area contributed by atoms with Crippen molar-refractivity contribution >= 4 is 21.4 Å². The number of rotatable bonds is 4. The van der Waals surface area contributed by atoms with Gasteiger partial charge in [0, 0.05) is 31.8 Å². The summed E-state index contributed by atoms with van der Waals surface area (Å²) in [6.07, 6.45) is 0. The van der Waals surface area contributed by atoms with E-state index in [9.17, 15) is 0 Å². The number of thiophene rings is 1. The molecule has 0 radical (unpaired) electrons. The van der Waals surface area contributed by atoms with Crippen LogP contribution < -0.4 is 0 Å². The smallest absolute Gasteiger partial charge is 0.161 e. The zero-order valence-corrected chi connectivity index (χ0v) is 28.9. The molecular formula is C49H30N2S. The van der Waals surface area contributed by atoms with Crippen molar-refractivity contribution in [2.75, 3.05) is 0 Å². The minimum absolute atomic E-state index is 0.444. The van der Waals surface area contributed by atoms with Crippen molar-refractivity contribution in [2.24, 2.45) is 0 Å². The van der Waals surface area contributed by atoms with Crippen molar-refractivity contribution in [3.8, 4) is 66.6 Å². The highest BCUT2D eigenvalue weighted by Gasteiger charge is 2.54. The van der Waals surface area contributed by atoms with Gasteiger partial charge in [0.05, 0.1) is 16.8 Å². The van der Waals surface area contributed by atoms with Crippen molar-refractivity contribution in [1.29, 1.82) is 0 Å². The molecule has 0 unspecified atom stereocenters. The van der Waals surface area contributed by atoms with Crippen molar-refractivity contribution in [3.05, 3.63) is 204 Å². The summed E-state index contributed by atoms with van der Waals surface area (Å²) >= 11 is 1.89. The molecule has 7 aromatic carbocycles. The second-order valence-electron chi connectivity index (χ2n) is 13.6. The lowest BCUT2D eigenvalue weighted by molar-refractivity contribution is 0.802. The number of aromatic nitrogens is 2. The molecule has 11 rings (SSSR count). The summed E-state index contributed by atoms with van der Waals surface area (Å²) in [6.45, 7) is 0. The first-order valence-corrected chi connectivity index (χ1v) is 18.6. The lowest BCUT2D eigenvalue weighted by Crippen LogP contribution is -2.25. The van der Waals surface area contributed by atoms with Gasteiger partial charge in [-0.25, -0.2) is 9.97 Å². The molecule has 0 N–H and O–H groups in total. The van der Waals surface area contributed by atoms with E-state index in [0.29, 0.717) is 0 Å². The molecule has 0 saturated carbocycles. The van der Waals surface area contributed by atoms with Gasteiger partial charge in [0.2, 0.25) is 0 Å². The molecule has 0 atom stereocenters. The van der Waals surface area contributed by atoms with Crippen LogP contribution in [0.1, 0.15) is 22.3 Å². The van der Waals surface area contributed by atoms with Crippen molar-refractivity contribution in [2.45, 2.75) is 5.41 Å². The van der Waals surface area contributed by atoms with Crippen LogP contribution in [0.15, 0.2) is 182 Å². The maximum Gasteiger partial charge on any atom is 0.161 e. The van der Waals surface area contributed by atoms with Gasteiger partial charge in [0.15, 0.2) is 5.82 Å². The quantitative estimate of drug-likeness (QED) is 0.185. The average molecular weight is 679 g/mol. The third-order valence-electron chi connectivity index (χ3n) is 10.9. The molecule has 0 bridgehead atoms. The largest absolute Gasteiger partial charge is 0.228 e. The van der Waals surface area contributed by atoms with Gasteiger partial charge in [-0.05, 0) is 62.0 Å². The Labute approximate surface area is 306 Å². The fourth-order valence-electron chi connectivity index (χ4n) is 8.76. The third kappa shape index (κ3) is 4.11. The van der Waals surface area contributed by atoms with Gasteiger partial charge < -0.3 is 0 Å². The molecule has 2 aliphatic carbocycles. The number of nitrogens with zero attached hydrogens (tertiary/aromatic N) is 2. The van der Waals surface area contributed by atoms with Gasteiger partial charge in [-0.2, -0.15) is 0 Å². The maximum absolute atomic E-state index is 5.40. The summed E-state index contributed by atoms with van der Waals surface area (Å²) in [4.78, 5) is 12.1. The van der Waals surface area contributed by atoms with E-state index < -0.39 is 5.41 Å². The van der Waals surface area contributed by atoms with Crippen molar-refractivity contribution in [1.82, 2.24) is 9.97 Å². The standard InChI is InChI=1S/C49H30N2S/c1-3-14-31(15-4-1)32-26-28-34(29-27-32)43-30-42(33-16-5-2-6-17-33)50-48(51-43)38-21-13-24-41-45(38)47-46(37-20-9-12-25-44(37)52-47)49(41)39-22-10-7-18-35(39)36-19-8-11-23-40(36)49/h1-30H. The first-order chi connectivity index (χ1) is 25.8. The molecule has 2 aromatic heterocycles. The second kappa shape index (κ2) is 11.3. The minimum atomic E-state index is -0.444. The molecule has 0 amide bonds. The van der Waals surface area contributed by atoms with E-state index in [2.05, 4.69) is 182 Å². The molecule has 0 fully saturated rings. The van der Waals surface area contributed by atoms with Crippen LogP contribution in [0.5, 0.6) is 0 Å². The van der Waals surface area contributed by atoms with Gasteiger partial charge in [-0.15, -0.1) is 11.3 Å². The fourth-order valence-corrected chi connectivity index (χ4v) is 10.1. The van der Waals surface area contributed by atoms with Crippen LogP contribution in [0.2, 0.25) is 0 Å². The molecule has 242 valence electrons. The average Bonchev–Trinajstić information content (AvgIpc) is 3.85. The van der Waals surface area contributed by atoms with E-state index in [4.69, 9.17) is 9.97 Å². The second-order valence-corrected chi connectivity index (χ2v) is 14.7. The highest BCUT2D eigenvalue weighted by molar-refractivity contribution is 7.22. The molecule has 0 saturated heterocycles. The molecule has 52 heavy (non-hydrogen) atoms. The minimum Gasteiger partial charge on any atom is -0.228 e. The summed E-state index contributed by atoms with van der Waals surface area (Å²) in [5.74, 6) is 0.736. The van der Waals surface area contributed by atoms with Crippen molar-refractivity contribution < 1.29 is 0 Å². The monoisotopic (exact) mass is 678 g/mol. The summed E-state index contributed by atoms with van der Waals surface area (Å²) in [6, 6.07) is 65.6.